The molecule has 0 amide bonds. The predicted molar refractivity (Wildman–Crippen MR) is 56.3 cm³/mol. The second kappa shape index (κ2) is 4.18. The first-order chi connectivity index (χ1) is 6.15. The highest BCUT2D eigenvalue weighted by molar-refractivity contribution is 7.12. The van der Waals surface area contributed by atoms with Crippen LogP contribution in [0.15, 0.2) is 10.4 Å². The summed E-state index contributed by atoms with van der Waals surface area (Å²) in [5.74, 6) is 0. The Morgan fingerprint density at radius 3 is 2.77 bits per heavy atom. The average Bonchev–Trinajstić information content (AvgIpc) is 2.43. The fourth-order valence-corrected chi connectivity index (χ4v) is 1.68. The Labute approximate surface area is 81.7 Å². The van der Waals surface area contributed by atoms with E-state index in [1.807, 2.05) is 31.3 Å². The average molecular weight is 196 g/mol. The summed E-state index contributed by atoms with van der Waals surface area (Å²) < 4.78 is 0. The van der Waals surface area contributed by atoms with Crippen LogP contribution >= 0.6 is 11.3 Å². The van der Waals surface area contributed by atoms with Crippen molar-refractivity contribution in [1.29, 1.82) is 0 Å². The van der Waals surface area contributed by atoms with E-state index >= 15 is 0 Å². The molecule has 1 rings (SSSR count). The Bertz CT molecular complexity index is 328. The van der Waals surface area contributed by atoms with E-state index in [9.17, 15) is 4.79 Å². The molecule has 0 N–H and O–H groups in total. The molecule has 1 heterocycles. The van der Waals surface area contributed by atoms with Gasteiger partial charge in [-0.05, 0) is 17.9 Å². The molecule has 70 valence electrons. The molecule has 0 fully saturated rings. The van der Waals surface area contributed by atoms with Crippen molar-refractivity contribution >= 4 is 29.6 Å². The molecule has 1 aromatic heterocycles. The summed E-state index contributed by atoms with van der Waals surface area (Å²) in [4.78, 5) is 17.4. The second-order valence-electron chi connectivity index (χ2n) is 2.96. The molecule has 0 aromatic carbocycles. The predicted octanol–water partition coefficient (Wildman–Crippen LogP) is 2.09. The van der Waals surface area contributed by atoms with Crippen LogP contribution in [0.5, 0.6) is 0 Å². The van der Waals surface area contributed by atoms with Crippen LogP contribution in [-0.4, -0.2) is 31.6 Å². The van der Waals surface area contributed by atoms with Crippen molar-refractivity contribution in [2.24, 2.45) is 4.99 Å². The molecule has 0 spiro atoms. The number of carbonyl (C=O) groups excluding carboxylic acids is 1. The van der Waals surface area contributed by atoms with Crippen molar-refractivity contribution < 1.29 is 4.79 Å². The molecule has 1 aromatic rings. The van der Waals surface area contributed by atoms with Gasteiger partial charge in [0, 0.05) is 14.1 Å². The van der Waals surface area contributed by atoms with Gasteiger partial charge in [-0.1, -0.05) is 0 Å². The summed E-state index contributed by atoms with van der Waals surface area (Å²) in [5.41, 5.74) is 1.83. The van der Waals surface area contributed by atoms with Gasteiger partial charge in [-0.3, -0.25) is 4.79 Å². The minimum Gasteiger partial charge on any atom is -0.369 e. The summed E-state index contributed by atoms with van der Waals surface area (Å²) in [6.45, 7) is 1.95. The molecule has 0 atom stereocenters. The van der Waals surface area contributed by atoms with Gasteiger partial charge in [-0.15, -0.1) is 11.3 Å². The maximum atomic E-state index is 10.6. The third-order valence-corrected chi connectivity index (χ3v) is 2.51. The zero-order valence-corrected chi connectivity index (χ0v) is 8.76. The first-order valence-corrected chi connectivity index (χ1v) is 4.77. The number of aryl methyl sites for hydroxylation is 1. The lowest BCUT2D eigenvalue weighted by atomic mass is 10.3. The molecule has 3 nitrogen and oxygen atoms in total. The standard InChI is InChI=1S/C9H12N2OS/c1-7-5-13-8(4-12)9(7)10-6-11(2)3/h4-6H,1-3H3/b10-6+. The normalized spacial score (nSPS) is 10.7. The lowest BCUT2D eigenvalue weighted by Crippen LogP contribution is -2.07. The summed E-state index contributed by atoms with van der Waals surface area (Å²) in [5, 5.41) is 1.94. The number of thiophene rings is 1. The zero-order valence-electron chi connectivity index (χ0n) is 7.94. The van der Waals surface area contributed by atoms with E-state index in [4.69, 9.17) is 0 Å². The van der Waals surface area contributed by atoms with E-state index in [2.05, 4.69) is 4.99 Å². The highest BCUT2D eigenvalue weighted by Gasteiger charge is 2.05. The Balaban J connectivity index is 2.98. The third-order valence-electron chi connectivity index (χ3n) is 1.49. The molecule has 0 aliphatic rings. The summed E-state index contributed by atoms with van der Waals surface area (Å²) in [6.07, 6.45) is 2.54. The van der Waals surface area contributed by atoms with Crippen molar-refractivity contribution in [3.63, 3.8) is 0 Å². The van der Waals surface area contributed by atoms with Crippen LogP contribution in [0.4, 0.5) is 5.69 Å². The van der Waals surface area contributed by atoms with Crippen LogP contribution in [0, 0.1) is 6.92 Å². The molecule has 4 heteroatoms. The first kappa shape index (κ1) is 9.92. The minimum absolute atomic E-state index is 0.690. The van der Waals surface area contributed by atoms with Gasteiger partial charge in [0.25, 0.3) is 0 Å². The van der Waals surface area contributed by atoms with E-state index < -0.39 is 0 Å². The van der Waals surface area contributed by atoms with Crippen molar-refractivity contribution in [3.05, 3.63) is 15.8 Å². The molecule has 0 saturated carbocycles. The van der Waals surface area contributed by atoms with Crippen LogP contribution in [0.2, 0.25) is 0 Å². The Kier molecular flexibility index (Phi) is 3.19. The number of hydrogen-bond donors (Lipinski definition) is 0. The van der Waals surface area contributed by atoms with Crippen LogP contribution in [0.3, 0.4) is 0 Å². The number of carbonyl (C=O) groups is 1. The highest BCUT2D eigenvalue weighted by atomic mass is 32.1. The van der Waals surface area contributed by atoms with Crippen molar-refractivity contribution in [2.45, 2.75) is 6.92 Å². The van der Waals surface area contributed by atoms with E-state index in [0.717, 1.165) is 17.5 Å². The van der Waals surface area contributed by atoms with Gasteiger partial charge in [0.2, 0.25) is 0 Å². The summed E-state index contributed by atoms with van der Waals surface area (Å²) in [6, 6.07) is 0. The molecule has 0 saturated heterocycles. The molecule has 0 unspecified atom stereocenters. The topological polar surface area (TPSA) is 32.7 Å². The first-order valence-electron chi connectivity index (χ1n) is 3.89. The number of aldehydes is 1. The van der Waals surface area contributed by atoms with Crippen molar-refractivity contribution in [3.8, 4) is 0 Å². The Morgan fingerprint density at radius 2 is 2.23 bits per heavy atom. The quantitative estimate of drug-likeness (QED) is 0.421. The van der Waals surface area contributed by atoms with Crippen molar-refractivity contribution in [2.75, 3.05) is 14.1 Å². The molecular formula is C9H12N2OS. The number of nitrogens with zero attached hydrogens (tertiary/aromatic N) is 2. The van der Waals surface area contributed by atoms with Crippen LogP contribution in [0.25, 0.3) is 0 Å². The molecule has 0 radical (unpaired) electrons. The van der Waals surface area contributed by atoms with Gasteiger partial charge >= 0.3 is 0 Å². The highest BCUT2D eigenvalue weighted by Crippen LogP contribution is 2.28. The molecule has 0 bridgehead atoms. The maximum absolute atomic E-state index is 10.6. The van der Waals surface area contributed by atoms with Crippen LogP contribution in [-0.2, 0) is 0 Å². The zero-order chi connectivity index (χ0) is 9.84. The monoisotopic (exact) mass is 196 g/mol. The fraction of sp³-hybridized carbons (Fsp3) is 0.333. The molecule has 0 aliphatic heterocycles. The lowest BCUT2D eigenvalue weighted by molar-refractivity contribution is 0.112. The van der Waals surface area contributed by atoms with Gasteiger partial charge < -0.3 is 4.90 Å². The fourth-order valence-electron chi connectivity index (χ4n) is 0.880. The van der Waals surface area contributed by atoms with Gasteiger partial charge in [-0.25, -0.2) is 4.99 Å². The SMILES string of the molecule is Cc1csc(C=O)c1/N=C/N(C)C. The van der Waals surface area contributed by atoms with Gasteiger partial charge in [0.05, 0.1) is 16.9 Å². The summed E-state index contributed by atoms with van der Waals surface area (Å²) in [7, 11) is 3.79. The third kappa shape index (κ3) is 2.39. The van der Waals surface area contributed by atoms with Gasteiger partial charge in [0.1, 0.15) is 0 Å². The Morgan fingerprint density at radius 1 is 1.54 bits per heavy atom. The van der Waals surface area contributed by atoms with E-state index in [1.165, 1.54) is 11.3 Å². The largest absolute Gasteiger partial charge is 0.369 e. The smallest absolute Gasteiger partial charge is 0.162 e. The van der Waals surface area contributed by atoms with Gasteiger partial charge in [-0.2, -0.15) is 0 Å². The van der Waals surface area contributed by atoms with Gasteiger partial charge in [0.15, 0.2) is 6.29 Å². The maximum Gasteiger partial charge on any atom is 0.162 e. The van der Waals surface area contributed by atoms with E-state index in [0.29, 0.717) is 4.88 Å². The second-order valence-corrected chi connectivity index (χ2v) is 3.87. The minimum atomic E-state index is 0.690. The lowest BCUT2D eigenvalue weighted by Gasteiger charge is -2.02. The Hall–Kier alpha value is -1.16. The van der Waals surface area contributed by atoms with E-state index in [-0.39, 0.29) is 0 Å². The van der Waals surface area contributed by atoms with Crippen molar-refractivity contribution in [1.82, 2.24) is 4.90 Å². The van der Waals surface area contributed by atoms with E-state index in [1.54, 1.807) is 6.34 Å². The molecule has 13 heavy (non-hydrogen) atoms. The molecule has 0 aliphatic carbocycles. The summed E-state index contributed by atoms with van der Waals surface area (Å²) >= 11 is 1.43. The van der Waals surface area contributed by atoms with Crippen LogP contribution < -0.4 is 0 Å². The molecular weight excluding hydrogens is 184 g/mol. The number of hydrogen-bond acceptors (Lipinski definition) is 3. The number of rotatable bonds is 3. The van der Waals surface area contributed by atoms with Crippen LogP contribution in [0.1, 0.15) is 15.2 Å². The number of aliphatic imine (C=N–C) groups is 1.